The highest BCUT2D eigenvalue weighted by atomic mass is 16.5. The molecule has 4 rings (SSSR count). The molecule has 0 bridgehead atoms. The Morgan fingerprint density at radius 2 is 1.74 bits per heavy atom. The minimum Gasteiger partial charge on any atom is -0.493 e. The number of hydrogen-bond donors (Lipinski definition) is 0. The molecule has 27 heavy (non-hydrogen) atoms. The van der Waals surface area contributed by atoms with Crippen LogP contribution in [0.1, 0.15) is 5.56 Å². The highest BCUT2D eigenvalue weighted by molar-refractivity contribution is 5.73. The summed E-state index contributed by atoms with van der Waals surface area (Å²) in [6, 6.07) is 15.7. The van der Waals surface area contributed by atoms with Crippen molar-refractivity contribution in [2.45, 2.75) is 13.0 Å². The molecule has 1 aromatic heterocycles. The van der Waals surface area contributed by atoms with Gasteiger partial charge in [0, 0.05) is 30.9 Å². The first-order valence-corrected chi connectivity index (χ1v) is 8.78. The van der Waals surface area contributed by atoms with Gasteiger partial charge in [0.2, 0.25) is 0 Å². The molecule has 0 radical (unpaired) electrons. The van der Waals surface area contributed by atoms with Gasteiger partial charge in [0.1, 0.15) is 5.82 Å². The smallest absolute Gasteiger partial charge is 0.350 e. The molecule has 6 heteroatoms. The van der Waals surface area contributed by atoms with E-state index in [0.717, 1.165) is 28.9 Å². The number of hydrogen-bond acceptors (Lipinski definition) is 5. The second kappa shape index (κ2) is 6.79. The zero-order chi connectivity index (χ0) is 19.0. The van der Waals surface area contributed by atoms with Crippen LogP contribution in [-0.2, 0) is 13.0 Å². The number of ether oxygens (including phenoxy) is 2. The summed E-state index contributed by atoms with van der Waals surface area (Å²) in [6.07, 6.45) is 0.748. The summed E-state index contributed by atoms with van der Waals surface area (Å²) in [6.45, 7) is 0.596. The summed E-state index contributed by atoms with van der Waals surface area (Å²) in [5.74, 6) is 1.95. The average Bonchev–Trinajstić information content (AvgIpc) is 2.72. The van der Waals surface area contributed by atoms with E-state index in [-0.39, 0.29) is 5.69 Å². The third kappa shape index (κ3) is 2.93. The van der Waals surface area contributed by atoms with Crippen LogP contribution in [0.4, 0.5) is 11.5 Å². The number of benzene rings is 2. The van der Waals surface area contributed by atoms with E-state index in [1.165, 1.54) is 0 Å². The van der Waals surface area contributed by atoms with Gasteiger partial charge in [-0.25, -0.2) is 4.79 Å². The first-order valence-electron chi connectivity index (χ1n) is 8.78. The zero-order valence-corrected chi connectivity index (χ0v) is 15.6. The maximum absolute atomic E-state index is 12.7. The van der Waals surface area contributed by atoms with Crippen molar-refractivity contribution in [3.63, 3.8) is 0 Å². The molecule has 0 amide bonds. The molecule has 0 N–H and O–H groups in total. The number of para-hydroxylation sites is 1. The van der Waals surface area contributed by atoms with Crippen LogP contribution in [-0.4, -0.2) is 30.8 Å². The quantitative estimate of drug-likeness (QED) is 0.712. The van der Waals surface area contributed by atoms with E-state index in [0.29, 0.717) is 23.9 Å². The minimum absolute atomic E-state index is 0.245. The molecule has 0 saturated carbocycles. The van der Waals surface area contributed by atoms with Crippen LogP contribution < -0.4 is 20.1 Å². The van der Waals surface area contributed by atoms with E-state index >= 15 is 0 Å². The van der Waals surface area contributed by atoms with Gasteiger partial charge in [-0.1, -0.05) is 18.2 Å². The van der Waals surface area contributed by atoms with Gasteiger partial charge in [-0.3, -0.25) is 4.57 Å². The Kier molecular flexibility index (Phi) is 4.32. The Morgan fingerprint density at radius 3 is 2.44 bits per heavy atom. The molecule has 1 aliphatic rings. The topological polar surface area (TPSA) is 56.6 Å². The van der Waals surface area contributed by atoms with Crippen molar-refractivity contribution in [2.24, 2.45) is 0 Å². The van der Waals surface area contributed by atoms with E-state index < -0.39 is 0 Å². The van der Waals surface area contributed by atoms with Crippen LogP contribution in [0.5, 0.6) is 11.5 Å². The van der Waals surface area contributed by atoms with E-state index in [4.69, 9.17) is 9.47 Å². The first-order chi connectivity index (χ1) is 13.1. The molecule has 3 aromatic rings. The summed E-state index contributed by atoms with van der Waals surface area (Å²) in [4.78, 5) is 18.9. The van der Waals surface area contributed by atoms with Gasteiger partial charge in [0.15, 0.2) is 11.5 Å². The summed E-state index contributed by atoms with van der Waals surface area (Å²) in [5.41, 5.74) is 3.67. The third-order valence-corrected chi connectivity index (χ3v) is 4.97. The molecular weight excluding hydrogens is 342 g/mol. The highest BCUT2D eigenvalue weighted by Gasteiger charge is 2.22. The lowest BCUT2D eigenvalue weighted by Crippen LogP contribution is -2.30. The molecule has 0 unspecified atom stereocenters. The monoisotopic (exact) mass is 363 g/mol. The Balaban J connectivity index is 1.87. The molecule has 2 heterocycles. The minimum atomic E-state index is -0.245. The van der Waals surface area contributed by atoms with E-state index in [1.54, 1.807) is 18.8 Å². The highest BCUT2D eigenvalue weighted by Crippen LogP contribution is 2.38. The summed E-state index contributed by atoms with van der Waals surface area (Å²) >= 11 is 0. The summed E-state index contributed by atoms with van der Waals surface area (Å²) in [7, 11) is 5.15. The molecule has 2 aromatic carbocycles. The normalized spacial score (nSPS) is 12.1. The summed E-state index contributed by atoms with van der Waals surface area (Å²) < 4.78 is 12.6. The van der Waals surface area contributed by atoms with Crippen molar-refractivity contribution in [3.8, 4) is 22.8 Å². The predicted molar refractivity (Wildman–Crippen MR) is 105 cm³/mol. The van der Waals surface area contributed by atoms with Crippen LogP contribution in [0.3, 0.4) is 0 Å². The van der Waals surface area contributed by atoms with Crippen LogP contribution in [0.25, 0.3) is 11.3 Å². The van der Waals surface area contributed by atoms with Gasteiger partial charge in [-0.2, -0.15) is 4.98 Å². The van der Waals surface area contributed by atoms with Crippen molar-refractivity contribution in [3.05, 3.63) is 64.6 Å². The maximum atomic E-state index is 12.7. The molecular formula is C21H21N3O3. The molecule has 1 aliphatic heterocycles. The lowest BCUT2D eigenvalue weighted by Gasteiger charge is -2.25. The molecule has 0 saturated heterocycles. The number of aryl methyl sites for hydroxylation is 1. The average molecular weight is 363 g/mol. The maximum Gasteiger partial charge on any atom is 0.350 e. The second-order valence-corrected chi connectivity index (χ2v) is 6.44. The van der Waals surface area contributed by atoms with Crippen molar-refractivity contribution >= 4 is 11.5 Å². The fourth-order valence-electron chi connectivity index (χ4n) is 3.49. The number of aromatic nitrogens is 2. The van der Waals surface area contributed by atoms with Crippen molar-refractivity contribution in [2.75, 3.05) is 26.2 Å². The number of fused-ring (bicyclic) bond motifs is 3. The SMILES string of the molecule is COc1cc2c(cc1OC)-c1cc(N(C)c3ccccc3)nc(=O)n1CC2. The molecule has 0 atom stereocenters. The van der Waals surface area contributed by atoms with Gasteiger partial charge in [0.25, 0.3) is 0 Å². The zero-order valence-electron chi connectivity index (χ0n) is 15.6. The van der Waals surface area contributed by atoms with E-state index in [2.05, 4.69) is 4.98 Å². The first kappa shape index (κ1) is 17.1. The van der Waals surface area contributed by atoms with Crippen LogP contribution in [0, 0.1) is 0 Å². The third-order valence-electron chi connectivity index (χ3n) is 4.97. The van der Waals surface area contributed by atoms with Gasteiger partial charge < -0.3 is 14.4 Å². The van der Waals surface area contributed by atoms with Crippen molar-refractivity contribution < 1.29 is 9.47 Å². The standard InChI is InChI=1S/C21H21N3O3/c1-23(15-7-5-4-6-8-15)20-13-17-16-12-19(27-3)18(26-2)11-14(16)9-10-24(17)21(25)22-20/h4-8,11-13H,9-10H2,1-3H3. The fourth-order valence-corrected chi connectivity index (χ4v) is 3.49. The molecule has 0 spiro atoms. The number of methoxy groups -OCH3 is 2. The number of anilines is 2. The van der Waals surface area contributed by atoms with Crippen LogP contribution in [0.2, 0.25) is 0 Å². The van der Waals surface area contributed by atoms with Gasteiger partial charge >= 0.3 is 5.69 Å². The Hall–Kier alpha value is -3.28. The van der Waals surface area contributed by atoms with Gasteiger partial charge in [0.05, 0.1) is 19.9 Å². The Bertz CT molecular complexity index is 1040. The lowest BCUT2D eigenvalue weighted by atomic mass is 9.97. The van der Waals surface area contributed by atoms with E-state index in [9.17, 15) is 4.79 Å². The van der Waals surface area contributed by atoms with E-state index in [1.807, 2.05) is 60.5 Å². The van der Waals surface area contributed by atoms with Gasteiger partial charge in [-0.15, -0.1) is 0 Å². The lowest BCUT2D eigenvalue weighted by molar-refractivity contribution is 0.354. The molecule has 0 aliphatic carbocycles. The number of nitrogens with zero attached hydrogens (tertiary/aromatic N) is 3. The largest absolute Gasteiger partial charge is 0.493 e. The van der Waals surface area contributed by atoms with Crippen molar-refractivity contribution in [1.82, 2.24) is 9.55 Å². The summed E-state index contributed by atoms with van der Waals surface area (Å²) in [5, 5.41) is 0. The number of rotatable bonds is 4. The molecule has 0 fully saturated rings. The predicted octanol–water partition coefficient (Wildman–Crippen LogP) is 3.25. The molecule has 6 nitrogen and oxygen atoms in total. The molecule has 138 valence electrons. The Labute approximate surface area is 157 Å². The van der Waals surface area contributed by atoms with Crippen LogP contribution in [0.15, 0.2) is 53.3 Å². The van der Waals surface area contributed by atoms with Crippen molar-refractivity contribution in [1.29, 1.82) is 0 Å². The Morgan fingerprint density at radius 1 is 1.04 bits per heavy atom. The van der Waals surface area contributed by atoms with Crippen LogP contribution >= 0.6 is 0 Å². The second-order valence-electron chi connectivity index (χ2n) is 6.44. The fraction of sp³-hybridized carbons (Fsp3) is 0.238. The van der Waals surface area contributed by atoms with Gasteiger partial charge in [-0.05, 0) is 36.2 Å².